The molecule has 0 bridgehead atoms. The molecule has 7 heteroatoms. The molecule has 7 nitrogen and oxygen atoms in total. The molecule has 0 unspecified atom stereocenters. The van der Waals surface area contributed by atoms with Crippen LogP contribution in [0, 0.1) is 0 Å². The third-order valence-electron chi connectivity index (χ3n) is 4.95. The van der Waals surface area contributed by atoms with Gasteiger partial charge in [0.2, 0.25) is 0 Å². The van der Waals surface area contributed by atoms with E-state index in [-0.39, 0.29) is 6.54 Å². The molecule has 29 heavy (non-hydrogen) atoms. The normalized spacial score (nSPS) is 13.5. The summed E-state index contributed by atoms with van der Waals surface area (Å²) < 4.78 is 10.4. The Morgan fingerprint density at radius 2 is 1.59 bits per heavy atom. The predicted molar refractivity (Wildman–Crippen MR) is 113 cm³/mol. The lowest BCUT2D eigenvalue weighted by Gasteiger charge is -2.28. The van der Waals surface area contributed by atoms with Crippen LogP contribution in [0.4, 0.5) is 11.4 Å². The fourth-order valence-electron chi connectivity index (χ4n) is 3.35. The van der Waals surface area contributed by atoms with Crippen molar-refractivity contribution in [1.29, 1.82) is 0 Å². The van der Waals surface area contributed by atoms with Gasteiger partial charge in [-0.05, 0) is 61.2 Å². The molecule has 2 aromatic carbocycles. The molecule has 3 rings (SSSR count). The lowest BCUT2D eigenvalue weighted by atomic mass is 10.1. The Morgan fingerprint density at radius 1 is 0.897 bits per heavy atom. The van der Waals surface area contributed by atoms with E-state index < -0.39 is 11.8 Å². The maximum absolute atomic E-state index is 12.2. The van der Waals surface area contributed by atoms with Crippen molar-refractivity contribution < 1.29 is 19.1 Å². The number of carbonyl (C=O) groups excluding carboxylic acids is 2. The van der Waals surface area contributed by atoms with Crippen LogP contribution in [0.2, 0.25) is 0 Å². The summed E-state index contributed by atoms with van der Waals surface area (Å²) in [5.74, 6) is -0.220. The number of rotatable bonds is 6. The smallest absolute Gasteiger partial charge is 0.313 e. The number of nitrogens with zero attached hydrogens (tertiary/aromatic N) is 1. The van der Waals surface area contributed by atoms with Crippen molar-refractivity contribution >= 4 is 23.2 Å². The molecule has 1 aliphatic rings. The predicted octanol–water partition coefficient (Wildman–Crippen LogP) is 2.95. The number of benzene rings is 2. The molecule has 0 radical (unpaired) electrons. The molecule has 154 valence electrons. The van der Waals surface area contributed by atoms with Gasteiger partial charge in [0.15, 0.2) is 11.5 Å². The Balaban J connectivity index is 1.52. The molecule has 1 aliphatic heterocycles. The highest BCUT2D eigenvalue weighted by atomic mass is 16.5. The number of nitrogens with one attached hydrogen (secondary N) is 2. The van der Waals surface area contributed by atoms with Crippen LogP contribution in [0.5, 0.6) is 11.5 Å². The van der Waals surface area contributed by atoms with Gasteiger partial charge >= 0.3 is 11.8 Å². The molecule has 1 fully saturated rings. The van der Waals surface area contributed by atoms with Gasteiger partial charge in [-0.1, -0.05) is 6.07 Å². The molecule has 2 aromatic rings. The van der Waals surface area contributed by atoms with Crippen LogP contribution in [0.3, 0.4) is 0 Å². The van der Waals surface area contributed by atoms with Crippen molar-refractivity contribution in [2.24, 2.45) is 0 Å². The largest absolute Gasteiger partial charge is 0.493 e. The molecule has 2 amide bonds. The Bertz CT molecular complexity index is 846. The summed E-state index contributed by atoms with van der Waals surface area (Å²) in [4.78, 5) is 26.6. The summed E-state index contributed by atoms with van der Waals surface area (Å²) in [6.07, 6.45) is 3.69. The van der Waals surface area contributed by atoms with Crippen molar-refractivity contribution in [3.05, 3.63) is 48.0 Å². The van der Waals surface area contributed by atoms with Crippen LogP contribution >= 0.6 is 0 Å². The molecule has 1 saturated heterocycles. The van der Waals surface area contributed by atoms with Crippen LogP contribution in [0.15, 0.2) is 42.5 Å². The SMILES string of the molecule is COc1ccc(CNC(=O)C(=O)Nc2ccc(N3CCCCC3)cc2)cc1OC. The quantitative estimate of drug-likeness (QED) is 0.733. The molecule has 0 saturated carbocycles. The topological polar surface area (TPSA) is 79.9 Å². The number of hydrogen-bond donors (Lipinski definition) is 2. The second kappa shape index (κ2) is 9.82. The number of anilines is 2. The van der Waals surface area contributed by atoms with Gasteiger partial charge in [0.25, 0.3) is 0 Å². The van der Waals surface area contributed by atoms with Gasteiger partial charge in [-0.3, -0.25) is 9.59 Å². The fraction of sp³-hybridized carbons (Fsp3) is 0.364. The number of amides is 2. The van der Waals surface area contributed by atoms with Crippen LogP contribution in [0.25, 0.3) is 0 Å². The standard InChI is InChI=1S/C22H27N3O4/c1-28-19-11-6-16(14-20(19)29-2)15-23-21(26)22(27)24-17-7-9-18(10-8-17)25-12-4-3-5-13-25/h6-11,14H,3-5,12-13,15H2,1-2H3,(H,23,26)(H,24,27). The summed E-state index contributed by atoms with van der Waals surface area (Å²) in [7, 11) is 3.10. The maximum Gasteiger partial charge on any atom is 0.313 e. The third-order valence-corrected chi connectivity index (χ3v) is 4.95. The van der Waals surface area contributed by atoms with Gasteiger partial charge < -0.3 is 25.0 Å². The first-order valence-electron chi connectivity index (χ1n) is 9.76. The van der Waals surface area contributed by atoms with E-state index >= 15 is 0 Å². The first kappa shape index (κ1) is 20.5. The van der Waals surface area contributed by atoms with Crippen molar-refractivity contribution in [1.82, 2.24) is 5.32 Å². The minimum absolute atomic E-state index is 0.209. The summed E-state index contributed by atoms with van der Waals surface area (Å²) in [6.45, 7) is 2.33. The second-order valence-corrected chi connectivity index (χ2v) is 6.92. The zero-order valence-corrected chi connectivity index (χ0v) is 16.9. The van der Waals surface area contributed by atoms with Crippen molar-refractivity contribution in [2.75, 3.05) is 37.5 Å². The molecular weight excluding hydrogens is 370 g/mol. The Hall–Kier alpha value is -3.22. The van der Waals surface area contributed by atoms with Gasteiger partial charge in [-0.2, -0.15) is 0 Å². The number of ether oxygens (including phenoxy) is 2. The Morgan fingerprint density at radius 3 is 2.24 bits per heavy atom. The highest BCUT2D eigenvalue weighted by Gasteiger charge is 2.15. The number of hydrogen-bond acceptors (Lipinski definition) is 5. The van der Waals surface area contributed by atoms with Gasteiger partial charge in [-0.15, -0.1) is 0 Å². The van der Waals surface area contributed by atoms with Crippen molar-refractivity contribution in [2.45, 2.75) is 25.8 Å². The minimum Gasteiger partial charge on any atom is -0.493 e. The lowest BCUT2D eigenvalue weighted by molar-refractivity contribution is -0.136. The van der Waals surface area contributed by atoms with E-state index in [1.165, 1.54) is 19.3 Å². The molecule has 2 N–H and O–H groups in total. The van der Waals surface area contributed by atoms with Crippen LogP contribution < -0.4 is 25.0 Å². The molecular formula is C22H27N3O4. The number of piperidine rings is 1. The van der Waals surface area contributed by atoms with Crippen LogP contribution in [-0.4, -0.2) is 39.1 Å². The molecule has 1 heterocycles. The van der Waals surface area contributed by atoms with Crippen molar-refractivity contribution in [3.8, 4) is 11.5 Å². The summed E-state index contributed by atoms with van der Waals surface area (Å²) in [5, 5.41) is 5.25. The van der Waals surface area contributed by atoms with E-state index in [2.05, 4.69) is 15.5 Å². The van der Waals surface area contributed by atoms with Crippen molar-refractivity contribution in [3.63, 3.8) is 0 Å². The van der Waals surface area contributed by atoms with Gasteiger partial charge in [0.1, 0.15) is 0 Å². The van der Waals surface area contributed by atoms with Crippen LogP contribution in [0.1, 0.15) is 24.8 Å². The summed E-state index contributed by atoms with van der Waals surface area (Å²) in [6, 6.07) is 12.9. The molecule has 0 spiro atoms. The minimum atomic E-state index is -0.698. The zero-order valence-electron chi connectivity index (χ0n) is 16.9. The molecule has 0 atom stereocenters. The number of methoxy groups -OCH3 is 2. The van der Waals surface area contributed by atoms with E-state index in [4.69, 9.17) is 9.47 Å². The van der Waals surface area contributed by atoms with E-state index in [1.807, 2.05) is 24.3 Å². The Labute approximate surface area is 171 Å². The van der Waals surface area contributed by atoms with Crippen LogP contribution in [-0.2, 0) is 16.1 Å². The van der Waals surface area contributed by atoms with E-state index in [9.17, 15) is 9.59 Å². The first-order chi connectivity index (χ1) is 14.1. The van der Waals surface area contributed by atoms with Gasteiger partial charge in [0.05, 0.1) is 14.2 Å². The molecule has 0 aromatic heterocycles. The molecule has 0 aliphatic carbocycles. The maximum atomic E-state index is 12.2. The summed E-state index contributed by atoms with van der Waals surface area (Å²) >= 11 is 0. The highest BCUT2D eigenvalue weighted by molar-refractivity contribution is 6.39. The van der Waals surface area contributed by atoms with E-state index in [1.54, 1.807) is 32.4 Å². The highest BCUT2D eigenvalue weighted by Crippen LogP contribution is 2.27. The third kappa shape index (κ3) is 5.40. The second-order valence-electron chi connectivity index (χ2n) is 6.92. The number of carbonyl (C=O) groups is 2. The average molecular weight is 397 g/mol. The Kier molecular flexibility index (Phi) is 6.94. The van der Waals surface area contributed by atoms with Gasteiger partial charge in [-0.25, -0.2) is 0 Å². The lowest BCUT2D eigenvalue weighted by Crippen LogP contribution is -2.35. The zero-order chi connectivity index (χ0) is 20.6. The summed E-state index contributed by atoms with van der Waals surface area (Å²) in [5.41, 5.74) is 2.53. The average Bonchev–Trinajstić information content (AvgIpc) is 2.78. The fourth-order valence-corrected chi connectivity index (χ4v) is 3.35. The van der Waals surface area contributed by atoms with E-state index in [0.717, 1.165) is 24.3 Å². The van der Waals surface area contributed by atoms with E-state index in [0.29, 0.717) is 17.2 Å². The van der Waals surface area contributed by atoms with Gasteiger partial charge in [0, 0.05) is 31.0 Å². The first-order valence-corrected chi connectivity index (χ1v) is 9.76. The monoisotopic (exact) mass is 397 g/mol.